The molecule has 0 amide bonds. The van der Waals surface area contributed by atoms with Crippen LogP contribution in [0.2, 0.25) is 0 Å². The molecule has 0 fully saturated rings. The highest BCUT2D eigenvalue weighted by Gasteiger charge is 2.17. The van der Waals surface area contributed by atoms with Crippen molar-refractivity contribution in [2.75, 3.05) is 0 Å². The molecule has 0 aliphatic rings. The first kappa shape index (κ1) is 18.6. The number of carboxylic acids is 1. The van der Waals surface area contributed by atoms with Crippen LogP contribution in [0, 0.1) is 0 Å². The number of nitrogens with zero attached hydrogens (tertiary/aromatic N) is 2. The molecule has 2 N–H and O–H groups in total. The number of carboxylic acid groups (broad SMARTS) is 1. The summed E-state index contributed by atoms with van der Waals surface area (Å²) >= 11 is 0. The molecule has 1 rings (SSSR count). The molecule has 1 atom stereocenters. The first-order chi connectivity index (χ1) is 10.4. The van der Waals surface area contributed by atoms with Gasteiger partial charge in [0.25, 0.3) is 0 Å². The third-order valence-corrected chi connectivity index (χ3v) is 3.66. The largest absolute Gasteiger partial charge is 0.481 e. The lowest BCUT2D eigenvalue weighted by Crippen LogP contribution is -2.23. The highest BCUT2D eigenvalue weighted by Crippen LogP contribution is 2.13. The summed E-state index contributed by atoms with van der Waals surface area (Å²) in [6.07, 6.45) is 8.78. The zero-order valence-electron chi connectivity index (χ0n) is 12.3. The van der Waals surface area contributed by atoms with Crippen molar-refractivity contribution < 1.29 is 27.1 Å². The average molecular weight is 334 g/mol. The molecule has 22 heavy (non-hydrogen) atoms. The second-order valence-corrected chi connectivity index (χ2v) is 6.15. The van der Waals surface area contributed by atoms with E-state index in [2.05, 4.69) is 9.17 Å². The van der Waals surface area contributed by atoms with Crippen LogP contribution in [0.25, 0.3) is 0 Å². The Morgan fingerprint density at radius 2 is 1.91 bits per heavy atom. The summed E-state index contributed by atoms with van der Waals surface area (Å²) in [6.45, 7) is 0.290. The van der Waals surface area contributed by atoms with Crippen molar-refractivity contribution in [1.82, 2.24) is 9.55 Å². The quantitative estimate of drug-likeness (QED) is 0.442. The van der Waals surface area contributed by atoms with E-state index < -0.39 is 22.5 Å². The summed E-state index contributed by atoms with van der Waals surface area (Å²) < 4.78 is 36.9. The Kier molecular flexibility index (Phi) is 8.07. The Morgan fingerprint density at radius 3 is 2.50 bits per heavy atom. The Balaban J connectivity index is 2.27. The van der Waals surface area contributed by atoms with Gasteiger partial charge in [0.15, 0.2) is 0 Å². The van der Waals surface area contributed by atoms with Crippen LogP contribution in [-0.2, 0) is 25.9 Å². The molecule has 126 valence electrons. The van der Waals surface area contributed by atoms with E-state index >= 15 is 0 Å². The first-order valence-corrected chi connectivity index (χ1v) is 8.56. The second-order valence-electron chi connectivity index (χ2n) is 5.11. The van der Waals surface area contributed by atoms with E-state index in [-0.39, 0.29) is 6.42 Å². The van der Waals surface area contributed by atoms with Crippen LogP contribution in [-0.4, -0.2) is 39.7 Å². The van der Waals surface area contributed by atoms with Crippen molar-refractivity contribution in [3.05, 3.63) is 18.7 Å². The van der Waals surface area contributed by atoms with Gasteiger partial charge in [0.05, 0.1) is 19.0 Å². The smallest absolute Gasteiger partial charge is 0.397 e. The summed E-state index contributed by atoms with van der Waals surface area (Å²) in [4.78, 5) is 14.2. The van der Waals surface area contributed by atoms with Gasteiger partial charge in [-0.2, -0.15) is 8.42 Å². The van der Waals surface area contributed by atoms with E-state index in [0.717, 1.165) is 25.7 Å². The fraction of sp³-hybridized carbons (Fsp3) is 0.692. The van der Waals surface area contributed by atoms with Gasteiger partial charge in [-0.15, -0.1) is 0 Å². The molecular formula is C13H22N2O6S. The number of aliphatic carboxylic acids is 1. The van der Waals surface area contributed by atoms with E-state index in [0.29, 0.717) is 19.4 Å². The normalized spacial score (nSPS) is 13.1. The maximum atomic E-state index is 10.9. The molecule has 0 bridgehead atoms. The van der Waals surface area contributed by atoms with Crippen LogP contribution in [0.1, 0.15) is 44.9 Å². The molecule has 1 unspecified atom stereocenters. The summed E-state index contributed by atoms with van der Waals surface area (Å²) in [7, 11) is -4.49. The van der Waals surface area contributed by atoms with Crippen LogP contribution in [0.3, 0.4) is 0 Å². The topological polar surface area (TPSA) is 119 Å². The zero-order valence-corrected chi connectivity index (χ0v) is 13.1. The van der Waals surface area contributed by atoms with Crippen LogP contribution in [0.4, 0.5) is 0 Å². The number of imidazole rings is 1. The standard InChI is InChI=1S/C13H22N2O6S/c16-13(17)7-5-3-1-2-4-6-12(21-22(18,19)20)10-15-9-8-14-11-15/h8-9,11-12H,1-7,10H2,(H,16,17)(H,18,19,20). The zero-order chi connectivity index (χ0) is 16.4. The lowest BCUT2D eigenvalue weighted by molar-refractivity contribution is -0.137. The van der Waals surface area contributed by atoms with E-state index in [9.17, 15) is 13.2 Å². The number of carbonyl (C=O) groups is 1. The van der Waals surface area contributed by atoms with Crippen molar-refractivity contribution in [1.29, 1.82) is 0 Å². The minimum absolute atomic E-state index is 0.176. The van der Waals surface area contributed by atoms with Gasteiger partial charge in [-0.25, -0.2) is 9.17 Å². The van der Waals surface area contributed by atoms with Crippen LogP contribution < -0.4 is 0 Å². The van der Waals surface area contributed by atoms with Gasteiger partial charge in [-0.05, 0) is 12.8 Å². The Hall–Kier alpha value is -1.45. The third kappa shape index (κ3) is 9.48. The lowest BCUT2D eigenvalue weighted by Gasteiger charge is -2.15. The van der Waals surface area contributed by atoms with Gasteiger partial charge in [0.2, 0.25) is 0 Å². The van der Waals surface area contributed by atoms with E-state index in [1.807, 2.05) is 0 Å². The summed E-state index contributed by atoms with van der Waals surface area (Å²) in [5.41, 5.74) is 0. The molecule has 1 aromatic heterocycles. The molecule has 1 heterocycles. The van der Waals surface area contributed by atoms with E-state index in [4.69, 9.17) is 9.66 Å². The number of rotatable bonds is 12. The van der Waals surface area contributed by atoms with Gasteiger partial charge in [0.1, 0.15) is 0 Å². The van der Waals surface area contributed by atoms with E-state index in [1.165, 1.54) is 0 Å². The van der Waals surface area contributed by atoms with Gasteiger partial charge >= 0.3 is 16.4 Å². The number of aromatic nitrogens is 2. The summed E-state index contributed by atoms with van der Waals surface area (Å²) in [5.74, 6) is -0.790. The van der Waals surface area contributed by atoms with Crippen LogP contribution >= 0.6 is 0 Å². The van der Waals surface area contributed by atoms with Gasteiger partial charge in [-0.1, -0.05) is 25.7 Å². The molecule has 0 radical (unpaired) electrons. The minimum atomic E-state index is -4.49. The van der Waals surface area contributed by atoms with Crippen molar-refractivity contribution in [2.45, 2.75) is 57.6 Å². The van der Waals surface area contributed by atoms with Crippen molar-refractivity contribution in [3.63, 3.8) is 0 Å². The van der Waals surface area contributed by atoms with Gasteiger partial charge < -0.3 is 9.67 Å². The fourth-order valence-corrected chi connectivity index (χ4v) is 2.65. The van der Waals surface area contributed by atoms with Crippen molar-refractivity contribution in [2.24, 2.45) is 0 Å². The summed E-state index contributed by atoms with van der Waals surface area (Å²) in [6, 6.07) is 0. The molecule has 0 aliphatic carbocycles. The second kappa shape index (κ2) is 9.54. The molecule has 0 saturated carbocycles. The van der Waals surface area contributed by atoms with Gasteiger partial charge in [0, 0.05) is 18.8 Å². The Labute approximate surface area is 130 Å². The molecule has 8 nitrogen and oxygen atoms in total. The average Bonchev–Trinajstić information content (AvgIpc) is 2.88. The highest BCUT2D eigenvalue weighted by atomic mass is 32.3. The Morgan fingerprint density at radius 1 is 1.23 bits per heavy atom. The van der Waals surface area contributed by atoms with Crippen molar-refractivity contribution in [3.8, 4) is 0 Å². The minimum Gasteiger partial charge on any atom is -0.481 e. The SMILES string of the molecule is O=C(O)CCCCCCCC(Cn1ccnc1)OS(=O)(=O)O. The Bertz CT molecular complexity index is 529. The molecule has 0 spiro atoms. The molecule has 0 aromatic carbocycles. The monoisotopic (exact) mass is 334 g/mol. The molecule has 0 saturated heterocycles. The molecule has 1 aromatic rings. The summed E-state index contributed by atoms with van der Waals surface area (Å²) in [5, 5.41) is 8.51. The first-order valence-electron chi connectivity index (χ1n) is 7.20. The maximum absolute atomic E-state index is 10.9. The highest BCUT2D eigenvalue weighted by molar-refractivity contribution is 7.80. The van der Waals surface area contributed by atoms with Gasteiger partial charge in [-0.3, -0.25) is 9.35 Å². The van der Waals surface area contributed by atoms with Crippen LogP contribution in [0.15, 0.2) is 18.7 Å². The van der Waals surface area contributed by atoms with Crippen LogP contribution in [0.5, 0.6) is 0 Å². The number of hydrogen-bond donors (Lipinski definition) is 2. The number of unbranched alkanes of at least 4 members (excludes halogenated alkanes) is 4. The van der Waals surface area contributed by atoms with E-state index in [1.54, 1.807) is 23.3 Å². The molecule has 0 aliphatic heterocycles. The van der Waals surface area contributed by atoms with Crippen molar-refractivity contribution >= 4 is 16.4 Å². The third-order valence-electron chi connectivity index (χ3n) is 3.15. The predicted molar refractivity (Wildman–Crippen MR) is 78.6 cm³/mol. The maximum Gasteiger partial charge on any atom is 0.397 e. The fourth-order valence-electron chi connectivity index (χ4n) is 2.15. The molecular weight excluding hydrogens is 312 g/mol. The molecule has 9 heteroatoms. The predicted octanol–water partition coefficient (Wildman–Crippen LogP) is 1.89. The lowest BCUT2D eigenvalue weighted by atomic mass is 10.1. The number of hydrogen-bond acceptors (Lipinski definition) is 5.